The van der Waals surface area contributed by atoms with Crippen molar-refractivity contribution in [3.8, 4) is 0 Å². The Balaban J connectivity index is 1.69. The summed E-state index contributed by atoms with van der Waals surface area (Å²) in [7, 11) is 0. The summed E-state index contributed by atoms with van der Waals surface area (Å²) in [6.07, 6.45) is 1.51. The van der Waals surface area contributed by atoms with E-state index in [1.165, 1.54) is 6.20 Å². The highest BCUT2D eigenvalue weighted by Gasteiger charge is 2.10. The molecule has 0 spiro atoms. The molecule has 0 aliphatic rings. The zero-order valence-electron chi connectivity index (χ0n) is 13.1. The van der Waals surface area contributed by atoms with Crippen LogP contribution >= 0.6 is 15.9 Å². The van der Waals surface area contributed by atoms with Crippen LogP contribution in [0.2, 0.25) is 0 Å². The number of halogens is 1. The maximum atomic E-state index is 12.1. The van der Waals surface area contributed by atoms with E-state index in [0.29, 0.717) is 23.0 Å². The highest BCUT2D eigenvalue weighted by Crippen LogP contribution is 2.23. The van der Waals surface area contributed by atoms with Crippen molar-refractivity contribution in [1.29, 1.82) is 0 Å². The number of benzene rings is 1. The largest absolute Gasteiger partial charge is 0.360 e. The van der Waals surface area contributed by atoms with E-state index < -0.39 is 0 Å². The molecule has 0 atom stereocenters. The Morgan fingerprint density at radius 3 is 2.58 bits per heavy atom. The molecule has 0 unspecified atom stereocenters. The molecule has 0 aliphatic carbocycles. The topological polar surface area (TPSA) is 80.0 Å². The maximum absolute atomic E-state index is 12.1. The van der Waals surface area contributed by atoms with Crippen molar-refractivity contribution in [3.05, 3.63) is 64.0 Å². The van der Waals surface area contributed by atoms with Gasteiger partial charge in [0.25, 0.3) is 5.91 Å². The average Bonchev–Trinajstić information content (AvgIpc) is 2.96. The number of carbonyl (C=O) groups is 1. The third-order valence-electron chi connectivity index (χ3n) is 3.35. The number of aryl methyl sites for hydroxylation is 2. The Bertz CT molecular complexity index is 875. The van der Waals surface area contributed by atoms with E-state index in [1.54, 1.807) is 25.1 Å². The molecule has 0 aliphatic heterocycles. The van der Waals surface area contributed by atoms with Crippen LogP contribution in [0.3, 0.4) is 0 Å². The summed E-state index contributed by atoms with van der Waals surface area (Å²) < 4.78 is 5.93. The Labute approximate surface area is 147 Å². The van der Waals surface area contributed by atoms with Crippen LogP contribution in [0.25, 0.3) is 0 Å². The Morgan fingerprint density at radius 2 is 1.96 bits per heavy atom. The van der Waals surface area contributed by atoms with Crippen LogP contribution in [0.4, 0.5) is 17.3 Å². The fourth-order valence-electron chi connectivity index (χ4n) is 2.12. The molecule has 7 heteroatoms. The SMILES string of the molecule is Cc1cc(NC(=O)c2ccc(Nc3ccc(Br)cc3C)nc2)no1. The number of hydrogen-bond donors (Lipinski definition) is 2. The number of pyridine rings is 1. The first-order valence-corrected chi connectivity index (χ1v) is 8.04. The lowest BCUT2D eigenvalue weighted by atomic mass is 10.2. The quantitative estimate of drug-likeness (QED) is 0.692. The van der Waals surface area contributed by atoms with Gasteiger partial charge >= 0.3 is 0 Å². The van der Waals surface area contributed by atoms with E-state index in [9.17, 15) is 4.79 Å². The Hall–Kier alpha value is -2.67. The van der Waals surface area contributed by atoms with Crippen LogP contribution in [-0.4, -0.2) is 16.0 Å². The Kier molecular flexibility index (Phi) is 4.61. The van der Waals surface area contributed by atoms with Crippen LogP contribution < -0.4 is 10.6 Å². The smallest absolute Gasteiger partial charge is 0.258 e. The molecule has 2 heterocycles. The second-order valence-electron chi connectivity index (χ2n) is 5.29. The van der Waals surface area contributed by atoms with Gasteiger partial charge < -0.3 is 15.2 Å². The molecule has 0 saturated heterocycles. The summed E-state index contributed by atoms with van der Waals surface area (Å²) in [6, 6.07) is 11.0. The maximum Gasteiger partial charge on any atom is 0.258 e. The van der Waals surface area contributed by atoms with Crippen molar-refractivity contribution in [2.75, 3.05) is 10.6 Å². The van der Waals surface area contributed by atoms with Gasteiger partial charge in [0, 0.05) is 22.4 Å². The minimum Gasteiger partial charge on any atom is -0.360 e. The summed E-state index contributed by atoms with van der Waals surface area (Å²) in [5.41, 5.74) is 2.49. The van der Waals surface area contributed by atoms with Gasteiger partial charge in [0.1, 0.15) is 11.6 Å². The van der Waals surface area contributed by atoms with Crippen LogP contribution in [0, 0.1) is 13.8 Å². The predicted octanol–water partition coefficient (Wildman–Crippen LogP) is 4.44. The highest BCUT2D eigenvalue weighted by molar-refractivity contribution is 9.10. The first-order valence-electron chi connectivity index (χ1n) is 7.25. The van der Waals surface area contributed by atoms with Crippen molar-refractivity contribution >= 4 is 39.2 Å². The van der Waals surface area contributed by atoms with Crippen LogP contribution in [0.5, 0.6) is 0 Å². The molecule has 1 amide bonds. The minimum absolute atomic E-state index is 0.290. The third-order valence-corrected chi connectivity index (χ3v) is 3.84. The summed E-state index contributed by atoms with van der Waals surface area (Å²) in [4.78, 5) is 16.4. The number of hydrogen-bond acceptors (Lipinski definition) is 5. The van der Waals surface area contributed by atoms with Crippen molar-refractivity contribution in [1.82, 2.24) is 10.1 Å². The third kappa shape index (κ3) is 3.80. The molecular weight excluding hydrogens is 372 g/mol. The molecule has 24 heavy (non-hydrogen) atoms. The molecule has 3 rings (SSSR count). The lowest BCUT2D eigenvalue weighted by molar-refractivity contribution is 0.102. The molecular formula is C17H15BrN4O2. The van der Waals surface area contributed by atoms with Crippen molar-refractivity contribution in [2.24, 2.45) is 0 Å². The summed E-state index contributed by atoms with van der Waals surface area (Å²) in [6.45, 7) is 3.77. The van der Waals surface area contributed by atoms with Gasteiger partial charge in [-0.25, -0.2) is 4.98 Å². The zero-order chi connectivity index (χ0) is 17.1. The van der Waals surface area contributed by atoms with Gasteiger partial charge in [-0.3, -0.25) is 4.79 Å². The van der Waals surface area contributed by atoms with E-state index in [1.807, 2.05) is 25.1 Å². The van der Waals surface area contributed by atoms with Gasteiger partial charge in [-0.05, 0) is 49.7 Å². The second-order valence-corrected chi connectivity index (χ2v) is 6.21. The fourth-order valence-corrected chi connectivity index (χ4v) is 2.60. The molecule has 0 radical (unpaired) electrons. The number of nitrogens with one attached hydrogen (secondary N) is 2. The van der Waals surface area contributed by atoms with Gasteiger partial charge in [0.05, 0.1) is 5.56 Å². The van der Waals surface area contributed by atoms with Gasteiger partial charge in [0.2, 0.25) is 0 Å². The van der Waals surface area contributed by atoms with E-state index >= 15 is 0 Å². The molecule has 3 aromatic rings. The van der Waals surface area contributed by atoms with Gasteiger partial charge in [-0.1, -0.05) is 21.1 Å². The zero-order valence-corrected chi connectivity index (χ0v) is 14.7. The lowest BCUT2D eigenvalue weighted by Gasteiger charge is -2.09. The molecule has 2 aromatic heterocycles. The fraction of sp³-hybridized carbons (Fsp3) is 0.118. The first kappa shape index (κ1) is 16.2. The lowest BCUT2D eigenvalue weighted by Crippen LogP contribution is -2.12. The normalized spacial score (nSPS) is 10.5. The summed E-state index contributed by atoms with van der Waals surface area (Å²) >= 11 is 3.44. The van der Waals surface area contributed by atoms with E-state index in [0.717, 1.165) is 15.7 Å². The van der Waals surface area contributed by atoms with E-state index in [4.69, 9.17) is 4.52 Å². The van der Waals surface area contributed by atoms with Gasteiger partial charge in [-0.2, -0.15) is 0 Å². The van der Waals surface area contributed by atoms with Crippen molar-refractivity contribution in [2.45, 2.75) is 13.8 Å². The van der Waals surface area contributed by atoms with Gasteiger partial charge in [0.15, 0.2) is 5.82 Å². The molecule has 0 bridgehead atoms. The van der Waals surface area contributed by atoms with Crippen LogP contribution in [-0.2, 0) is 0 Å². The molecule has 1 aromatic carbocycles. The number of amides is 1. The van der Waals surface area contributed by atoms with Crippen molar-refractivity contribution < 1.29 is 9.32 Å². The minimum atomic E-state index is -0.290. The van der Waals surface area contributed by atoms with E-state index in [2.05, 4.69) is 36.7 Å². The standard InChI is InChI=1S/C17H15BrN4O2/c1-10-7-13(18)4-5-14(10)20-15-6-3-12(9-19-15)17(23)21-16-8-11(2)24-22-16/h3-9H,1-2H3,(H,19,20)(H,21,22,23). The number of anilines is 3. The second kappa shape index (κ2) is 6.84. The molecule has 2 N–H and O–H groups in total. The predicted molar refractivity (Wildman–Crippen MR) is 95.6 cm³/mol. The molecule has 0 fully saturated rings. The molecule has 0 saturated carbocycles. The number of carbonyl (C=O) groups excluding carboxylic acids is 1. The van der Waals surface area contributed by atoms with E-state index in [-0.39, 0.29) is 5.91 Å². The number of aromatic nitrogens is 2. The van der Waals surface area contributed by atoms with Gasteiger partial charge in [-0.15, -0.1) is 0 Å². The average molecular weight is 387 g/mol. The first-order chi connectivity index (χ1) is 11.5. The number of rotatable bonds is 4. The van der Waals surface area contributed by atoms with Crippen LogP contribution in [0.1, 0.15) is 21.7 Å². The molecule has 122 valence electrons. The highest BCUT2D eigenvalue weighted by atomic mass is 79.9. The number of nitrogens with zero attached hydrogens (tertiary/aromatic N) is 2. The van der Waals surface area contributed by atoms with Crippen LogP contribution in [0.15, 0.2) is 51.6 Å². The van der Waals surface area contributed by atoms with Crippen molar-refractivity contribution in [3.63, 3.8) is 0 Å². The monoisotopic (exact) mass is 386 g/mol. The Morgan fingerprint density at radius 1 is 1.12 bits per heavy atom. The molecule has 6 nitrogen and oxygen atoms in total. The summed E-state index contributed by atoms with van der Waals surface area (Å²) in [5, 5.41) is 9.61. The summed E-state index contributed by atoms with van der Waals surface area (Å²) in [5.74, 6) is 1.38.